The number of Topliss-reactive ketones (excluding diaryl/α,β-unsaturated/α-hetero) is 1. The predicted octanol–water partition coefficient (Wildman–Crippen LogP) is 5.26. The number of halogens is 1. The minimum atomic E-state index is -3.39. The molecule has 188 valence electrons. The molecule has 4 rings (SSSR count). The SMILES string of the molecule is O=C(C[C@@H](Cc1ccccc1)C(=O)Nc1ccc(S(=O)(=O)CC2CCCC2)cc1)c1ccc(F)cn1. The highest BCUT2D eigenvalue weighted by Gasteiger charge is 2.26. The summed E-state index contributed by atoms with van der Waals surface area (Å²) < 4.78 is 38.7. The van der Waals surface area contributed by atoms with Crippen LogP contribution >= 0.6 is 0 Å². The van der Waals surface area contributed by atoms with Gasteiger partial charge in [-0.15, -0.1) is 0 Å². The van der Waals surface area contributed by atoms with Crippen LogP contribution in [0.4, 0.5) is 10.1 Å². The lowest BCUT2D eigenvalue weighted by atomic mass is 9.92. The zero-order valence-corrected chi connectivity index (χ0v) is 20.7. The van der Waals surface area contributed by atoms with E-state index in [9.17, 15) is 22.4 Å². The highest BCUT2D eigenvalue weighted by Crippen LogP contribution is 2.28. The first-order valence-electron chi connectivity index (χ1n) is 12.1. The third kappa shape index (κ3) is 6.85. The lowest BCUT2D eigenvalue weighted by molar-refractivity contribution is -0.119. The predicted molar refractivity (Wildman–Crippen MR) is 136 cm³/mol. The number of ketones is 1. The van der Waals surface area contributed by atoms with Crippen LogP contribution in [0.3, 0.4) is 0 Å². The normalized spacial score (nSPS) is 14.9. The number of nitrogens with one attached hydrogen (secondary N) is 1. The van der Waals surface area contributed by atoms with Crippen LogP contribution in [0.15, 0.2) is 77.8 Å². The number of sulfone groups is 1. The Morgan fingerprint density at radius 1 is 0.972 bits per heavy atom. The van der Waals surface area contributed by atoms with E-state index in [2.05, 4.69) is 10.3 Å². The highest BCUT2D eigenvalue weighted by molar-refractivity contribution is 7.91. The van der Waals surface area contributed by atoms with E-state index in [1.54, 1.807) is 12.1 Å². The summed E-state index contributed by atoms with van der Waals surface area (Å²) in [6.45, 7) is 0. The Hall–Kier alpha value is -3.39. The number of benzene rings is 2. The monoisotopic (exact) mass is 508 g/mol. The summed E-state index contributed by atoms with van der Waals surface area (Å²) >= 11 is 0. The van der Waals surface area contributed by atoms with Crippen molar-refractivity contribution < 1.29 is 22.4 Å². The van der Waals surface area contributed by atoms with Crippen molar-refractivity contribution in [1.82, 2.24) is 4.98 Å². The Labute approximate surface area is 210 Å². The summed E-state index contributed by atoms with van der Waals surface area (Å²) in [6, 6.07) is 18.0. The summed E-state index contributed by atoms with van der Waals surface area (Å²) in [5, 5.41) is 2.81. The van der Waals surface area contributed by atoms with Gasteiger partial charge in [-0.2, -0.15) is 0 Å². The number of hydrogen-bond donors (Lipinski definition) is 1. The summed E-state index contributed by atoms with van der Waals surface area (Å²) in [5.41, 5.74) is 1.44. The van der Waals surface area contributed by atoms with Crippen molar-refractivity contribution in [2.45, 2.75) is 43.4 Å². The average molecular weight is 509 g/mol. The van der Waals surface area contributed by atoms with Crippen molar-refractivity contribution in [3.8, 4) is 0 Å². The van der Waals surface area contributed by atoms with Crippen molar-refractivity contribution in [2.75, 3.05) is 11.1 Å². The molecule has 1 aliphatic rings. The second-order valence-electron chi connectivity index (χ2n) is 9.32. The Balaban J connectivity index is 1.46. The zero-order valence-electron chi connectivity index (χ0n) is 19.9. The van der Waals surface area contributed by atoms with Crippen LogP contribution in [0.1, 0.15) is 48.2 Å². The molecule has 1 aliphatic carbocycles. The largest absolute Gasteiger partial charge is 0.326 e. The first kappa shape index (κ1) is 25.7. The van der Waals surface area contributed by atoms with Crippen LogP contribution in [0.5, 0.6) is 0 Å². The van der Waals surface area contributed by atoms with Gasteiger partial charge < -0.3 is 5.32 Å². The molecule has 0 radical (unpaired) electrons. The molecular formula is C28H29FN2O4S. The molecule has 3 aromatic rings. The molecule has 1 saturated carbocycles. The summed E-state index contributed by atoms with van der Waals surface area (Å²) in [7, 11) is -3.39. The molecule has 1 fully saturated rings. The first-order chi connectivity index (χ1) is 17.3. The van der Waals surface area contributed by atoms with Gasteiger partial charge in [0.25, 0.3) is 0 Å². The molecule has 8 heteroatoms. The van der Waals surface area contributed by atoms with E-state index in [4.69, 9.17) is 0 Å². The highest BCUT2D eigenvalue weighted by atomic mass is 32.2. The Bertz CT molecular complexity index is 1290. The molecule has 2 aromatic carbocycles. The second-order valence-corrected chi connectivity index (χ2v) is 11.4. The second kappa shape index (κ2) is 11.6. The van der Waals surface area contributed by atoms with Gasteiger partial charge in [0.05, 0.1) is 16.8 Å². The molecule has 6 nitrogen and oxygen atoms in total. The number of carbonyl (C=O) groups excluding carboxylic acids is 2. The van der Waals surface area contributed by atoms with Crippen LogP contribution in [0.25, 0.3) is 0 Å². The van der Waals surface area contributed by atoms with Gasteiger partial charge in [0.15, 0.2) is 15.6 Å². The zero-order chi connectivity index (χ0) is 25.5. The smallest absolute Gasteiger partial charge is 0.228 e. The van der Waals surface area contributed by atoms with Crippen LogP contribution < -0.4 is 5.32 Å². The quantitative estimate of drug-likeness (QED) is 0.377. The molecule has 36 heavy (non-hydrogen) atoms. The number of pyridine rings is 1. The van der Waals surface area contributed by atoms with E-state index in [1.165, 1.54) is 18.2 Å². The van der Waals surface area contributed by atoms with Crippen LogP contribution in [0.2, 0.25) is 0 Å². The van der Waals surface area contributed by atoms with Gasteiger partial charge in [-0.05, 0) is 67.1 Å². The molecule has 1 amide bonds. The Kier molecular flexibility index (Phi) is 8.25. The van der Waals surface area contributed by atoms with Crippen molar-refractivity contribution in [3.05, 3.63) is 90.0 Å². The molecule has 0 unspecified atom stereocenters. The van der Waals surface area contributed by atoms with E-state index >= 15 is 0 Å². The number of anilines is 1. The standard InChI is InChI=1S/C28H29FN2O4S/c29-23-10-15-26(30-18-23)27(32)17-22(16-20-6-2-1-3-7-20)28(33)31-24-11-13-25(14-12-24)36(34,35)19-21-8-4-5-9-21/h1-3,6-7,10-15,18,21-22H,4-5,8-9,16-17,19H2,(H,31,33)/t22-/m1/s1. The summed E-state index contributed by atoms with van der Waals surface area (Å²) in [4.78, 5) is 30.0. The maximum atomic E-state index is 13.2. The summed E-state index contributed by atoms with van der Waals surface area (Å²) in [6.07, 6.45) is 5.25. The molecule has 1 N–H and O–H groups in total. The maximum Gasteiger partial charge on any atom is 0.228 e. The topological polar surface area (TPSA) is 93.2 Å². The third-order valence-electron chi connectivity index (χ3n) is 6.55. The number of carbonyl (C=O) groups is 2. The third-order valence-corrected chi connectivity index (χ3v) is 8.45. The fraction of sp³-hybridized carbons (Fsp3) is 0.321. The van der Waals surface area contributed by atoms with Gasteiger partial charge in [-0.25, -0.2) is 12.8 Å². The van der Waals surface area contributed by atoms with Crippen molar-refractivity contribution >= 4 is 27.2 Å². The van der Waals surface area contributed by atoms with Crippen molar-refractivity contribution in [2.24, 2.45) is 11.8 Å². The lowest BCUT2D eigenvalue weighted by Gasteiger charge is -2.17. The fourth-order valence-electron chi connectivity index (χ4n) is 4.60. The molecule has 1 atom stereocenters. The number of aromatic nitrogens is 1. The average Bonchev–Trinajstić information content (AvgIpc) is 3.37. The molecule has 1 aromatic heterocycles. The van der Waals surface area contributed by atoms with E-state index in [1.807, 2.05) is 30.3 Å². The van der Waals surface area contributed by atoms with Gasteiger partial charge in [-0.1, -0.05) is 43.2 Å². The first-order valence-corrected chi connectivity index (χ1v) is 13.8. The van der Waals surface area contributed by atoms with Gasteiger partial charge in [0.1, 0.15) is 11.5 Å². The summed E-state index contributed by atoms with van der Waals surface area (Å²) in [5.74, 6) is -1.61. The lowest BCUT2D eigenvalue weighted by Crippen LogP contribution is -2.27. The Morgan fingerprint density at radius 3 is 2.31 bits per heavy atom. The number of rotatable bonds is 10. The van der Waals surface area contributed by atoms with E-state index in [-0.39, 0.29) is 40.4 Å². The molecule has 0 spiro atoms. The molecule has 0 aliphatic heterocycles. The van der Waals surface area contributed by atoms with Crippen molar-refractivity contribution in [1.29, 1.82) is 0 Å². The van der Waals surface area contributed by atoms with Crippen LogP contribution in [-0.4, -0.2) is 30.8 Å². The molecule has 0 bridgehead atoms. The minimum absolute atomic E-state index is 0.0964. The maximum absolute atomic E-state index is 13.2. The molecule has 1 heterocycles. The van der Waals surface area contributed by atoms with E-state index in [0.717, 1.165) is 43.5 Å². The Morgan fingerprint density at radius 2 is 1.67 bits per heavy atom. The van der Waals surface area contributed by atoms with Crippen LogP contribution in [-0.2, 0) is 21.1 Å². The van der Waals surface area contributed by atoms with Gasteiger partial charge in [0.2, 0.25) is 5.91 Å². The minimum Gasteiger partial charge on any atom is -0.326 e. The molecular weight excluding hydrogens is 479 g/mol. The van der Waals surface area contributed by atoms with Crippen molar-refractivity contribution in [3.63, 3.8) is 0 Å². The number of amides is 1. The fourth-order valence-corrected chi connectivity index (χ4v) is 6.30. The van der Waals surface area contributed by atoms with Crippen LogP contribution in [0, 0.1) is 17.7 Å². The van der Waals surface area contributed by atoms with Gasteiger partial charge >= 0.3 is 0 Å². The number of nitrogens with zero attached hydrogens (tertiary/aromatic N) is 1. The van der Waals surface area contributed by atoms with E-state index in [0.29, 0.717) is 12.1 Å². The van der Waals surface area contributed by atoms with Gasteiger partial charge in [0, 0.05) is 18.0 Å². The van der Waals surface area contributed by atoms with Gasteiger partial charge in [-0.3, -0.25) is 14.6 Å². The van der Waals surface area contributed by atoms with E-state index < -0.39 is 21.6 Å². The molecule has 0 saturated heterocycles. The number of hydrogen-bond acceptors (Lipinski definition) is 5.